The second-order valence-corrected chi connectivity index (χ2v) is 4.72. The number of carbonyl (C=O) groups excluding carboxylic acids is 2. The van der Waals surface area contributed by atoms with E-state index in [-0.39, 0.29) is 23.2 Å². The molecule has 1 aliphatic heterocycles. The highest BCUT2D eigenvalue weighted by Crippen LogP contribution is 2.14. The van der Waals surface area contributed by atoms with Crippen LogP contribution in [0.2, 0.25) is 0 Å². The maximum Gasteiger partial charge on any atom is 0.244 e. The van der Waals surface area contributed by atoms with Crippen molar-refractivity contribution >= 4 is 27.7 Å². The van der Waals surface area contributed by atoms with Gasteiger partial charge in [0.05, 0.1) is 18.0 Å². The molecule has 1 aliphatic rings. The van der Waals surface area contributed by atoms with E-state index in [1.54, 1.807) is 11.9 Å². The van der Waals surface area contributed by atoms with Gasteiger partial charge in [-0.3, -0.25) is 9.59 Å². The van der Waals surface area contributed by atoms with Crippen molar-refractivity contribution in [1.82, 2.24) is 10.2 Å². The summed E-state index contributed by atoms with van der Waals surface area (Å²) in [5.41, 5.74) is 0. The lowest BCUT2D eigenvalue weighted by Gasteiger charge is -2.35. The summed E-state index contributed by atoms with van der Waals surface area (Å²) in [6, 6.07) is -0.502. The molecule has 0 aromatic rings. The summed E-state index contributed by atoms with van der Waals surface area (Å²) in [7, 11) is 1.56. The molecule has 5 nitrogen and oxygen atoms in total. The SMILES string of the molecule is CCC(Br)C(=O)N1CCOCC1C(=O)NC. The van der Waals surface area contributed by atoms with Crippen molar-refractivity contribution in [3.05, 3.63) is 0 Å². The van der Waals surface area contributed by atoms with E-state index in [2.05, 4.69) is 21.2 Å². The monoisotopic (exact) mass is 292 g/mol. The first-order valence-corrected chi connectivity index (χ1v) is 6.27. The zero-order chi connectivity index (χ0) is 12.1. The molecule has 0 saturated carbocycles. The van der Waals surface area contributed by atoms with E-state index >= 15 is 0 Å². The molecule has 2 unspecified atom stereocenters. The van der Waals surface area contributed by atoms with Crippen LogP contribution >= 0.6 is 15.9 Å². The second-order valence-electron chi connectivity index (χ2n) is 3.61. The van der Waals surface area contributed by atoms with Gasteiger partial charge in [0.25, 0.3) is 0 Å². The molecular weight excluding hydrogens is 276 g/mol. The normalized spacial score (nSPS) is 22.7. The van der Waals surface area contributed by atoms with Crippen molar-refractivity contribution in [3.63, 3.8) is 0 Å². The summed E-state index contributed by atoms with van der Waals surface area (Å²) in [6.45, 7) is 3.16. The van der Waals surface area contributed by atoms with E-state index in [1.165, 1.54) is 0 Å². The van der Waals surface area contributed by atoms with Gasteiger partial charge in [-0.2, -0.15) is 0 Å². The molecule has 0 spiro atoms. The van der Waals surface area contributed by atoms with Crippen LogP contribution in [0.4, 0.5) is 0 Å². The molecule has 1 N–H and O–H groups in total. The van der Waals surface area contributed by atoms with Gasteiger partial charge in [-0.1, -0.05) is 22.9 Å². The third kappa shape index (κ3) is 2.95. The van der Waals surface area contributed by atoms with Crippen molar-refractivity contribution in [2.45, 2.75) is 24.2 Å². The van der Waals surface area contributed by atoms with E-state index in [1.807, 2.05) is 6.92 Å². The van der Waals surface area contributed by atoms with E-state index in [9.17, 15) is 9.59 Å². The number of rotatable bonds is 3. The minimum absolute atomic E-state index is 0.0422. The van der Waals surface area contributed by atoms with Gasteiger partial charge in [-0.05, 0) is 6.42 Å². The van der Waals surface area contributed by atoms with Gasteiger partial charge >= 0.3 is 0 Å². The summed E-state index contributed by atoms with van der Waals surface area (Å²) in [5, 5.41) is 2.55. The highest BCUT2D eigenvalue weighted by Gasteiger charge is 2.34. The summed E-state index contributed by atoms with van der Waals surface area (Å²) in [6.07, 6.45) is 0.705. The first-order valence-electron chi connectivity index (χ1n) is 5.35. The molecule has 16 heavy (non-hydrogen) atoms. The fraction of sp³-hybridized carbons (Fsp3) is 0.800. The Morgan fingerprint density at radius 3 is 2.88 bits per heavy atom. The Kier molecular flexibility index (Phi) is 5.21. The van der Waals surface area contributed by atoms with Crippen LogP contribution in [0.25, 0.3) is 0 Å². The molecule has 92 valence electrons. The standard InChI is InChI=1S/C10H17BrN2O3/c1-3-7(11)10(15)13-4-5-16-6-8(13)9(14)12-2/h7-8H,3-6H2,1-2H3,(H,12,14). The molecule has 0 aromatic carbocycles. The fourth-order valence-electron chi connectivity index (χ4n) is 1.61. The number of morpholine rings is 1. The number of amides is 2. The van der Waals surface area contributed by atoms with Crippen LogP contribution in [0, 0.1) is 0 Å². The van der Waals surface area contributed by atoms with Gasteiger partial charge in [0, 0.05) is 13.6 Å². The molecule has 2 amide bonds. The van der Waals surface area contributed by atoms with Crippen molar-refractivity contribution in [1.29, 1.82) is 0 Å². The quantitative estimate of drug-likeness (QED) is 0.753. The van der Waals surface area contributed by atoms with Crippen molar-refractivity contribution in [3.8, 4) is 0 Å². The first kappa shape index (κ1) is 13.4. The van der Waals surface area contributed by atoms with Gasteiger partial charge in [-0.25, -0.2) is 0 Å². The van der Waals surface area contributed by atoms with E-state index < -0.39 is 6.04 Å². The fourth-order valence-corrected chi connectivity index (χ4v) is 1.87. The number of nitrogens with zero attached hydrogens (tertiary/aromatic N) is 1. The maximum atomic E-state index is 12.0. The minimum atomic E-state index is -0.502. The van der Waals surface area contributed by atoms with Crippen LogP contribution in [0.1, 0.15) is 13.3 Å². The number of hydrogen-bond acceptors (Lipinski definition) is 3. The van der Waals surface area contributed by atoms with Crippen LogP contribution in [0.15, 0.2) is 0 Å². The summed E-state index contributed by atoms with van der Waals surface area (Å²) < 4.78 is 5.23. The van der Waals surface area contributed by atoms with Crippen molar-refractivity contribution < 1.29 is 14.3 Å². The second kappa shape index (κ2) is 6.20. The van der Waals surface area contributed by atoms with E-state index in [0.717, 1.165) is 0 Å². The van der Waals surface area contributed by atoms with Crippen LogP contribution in [-0.2, 0) is 14.3 Å². The molecular formula is C10H17BrN2O3. The Hall–Kier alpha value is -0.620. The Morgan fingerprint density at radius 1 is 1.62 bits per heavy atom. The van der Waals surface area contributed by atoms with Gasteiger partial charge in [0.1, 0.15) is 6.04 Å². The highest BCUT2D eigenvalue weighted by atomic mass is 79.9. The zero-order valence-corrected chi connectivity index (χ0v) is 11.1. The van der Waals surface area contributed by atoms with Crippen molar-refractivity contribution in [2.75, 3.05) is 26.8 Å². The maximum absolute atomic E-state index is 12.0. The number of alkyl halides is 1. The largest absolute Gasteiger partial charge is 0.377 e. The molecule has 0 aromatic heterocycles. The Morgan fingerprint density at radius 2 is 2.31 bits per heavy atom. The summed E-state index contributed by atoms with van der Waals surface area (Å²) in [4.78, 5) is 25.0. The van der Waals surface area contributed by atoms with Crippen molar-refractivity contribution in [2.24, 2.45) is 0 Å². The zero-order valence-electron chi connectivity index (χ0n) is 9.53. The van der Waals surface area contributed by atoms with E-state index in [0.29, 0.717) is 19.6 Å². The summed E-state index contributed by atoms with van der Waals surface area (Å²) in [5.74, 6) is -0.219. The molecule has 1 rings (SSSR count). The minimum Gasteiger partial charge on any atom is -0.377 e. The predicted molar refractivity (Wildman–Crippen MR) is 63.4 cm³/mol. The Labute approximate surface area is 104 Å². The average Bonchev–Trinajstić information content (AvgIpc) is 2.35. The molecule has 0 radical (unpaired) electrons. The number of likely N-dealkylation sites (N-methyl/N-ethyl adjacent to an activating group) is 1. The van der Waals surface area contributed by atoms with E-state index in [4.69, 9.17) is 4.74 Å². The number of hydrogen-bond donors (Lipinski definition) is 1. The lowest BCUT2D eigenvalue weighted by atomic mass is 10.2. The summed E-state index contributed by atoms with van der Waals surface area (Å²) >= 11 is 3.31. The molecule has 0 aliphatic carbocycles. The molecule has 6 heteroatoms. The van der Waals surface area contributed by atoms with Gasteiger partial charge < -0.3 is 15.0 Å². The molecule has 2 atom stereocenters. The molecule has 1 fully saturated rings. The molecule has 0 bridgehead atoms. The van der Waals surface area contributed by atoms with Crippen LogP contribution in [0.5, 0.6) is 0 Å². The number of ether oxygens (including phenoxy) is 1. The average molecular weight is 293 g/mol. The molecule has 1 heterocycles. The smallest absolute Gasteiger partial charge is 0.244 e. The van der Waals surface area contributed by atoms with Crippen LogP contribution < -0.4 is 5.32 Å². The van der Waals surface area contributed by atoms with Gasteiger partial charge in [-0.15, -0.1) is 0 Å². The number of nitrogens with one attached hydrogen (secondary N) is 1. The molecule has 1 saturated heterocycles. The van der Waals surface area contributed by atoms with Gasteiger partial charge in [0.15, 0.2) is 0 Å². The third-order valence-corrected chi connectivity index (χ3v) is 3.63. The Balaban J connectivity index is 2.73. The first-order chi connectivity index (χ1) is 7.61. The topological polar surface area (TPSA) is 58.6 Å². The van der Waals surface area contributed by atoms with Crippen LogP contribution in [-0.4, -0.2) is 54.4 Å². The number of halogens is 1. The van der Waals surface area contributed by atoms with Crippen LogP contribution in [0.3, 0.4) is 0 Å². The number of carbonyl (C=O) groups is 2. The van der Waals surface area contributed by atoms with Gasteiger partial charge in [0.2, 0.25) is 11.8 Å². The Bertz CT molecular complexity index is 273. The lowest BCUT2D eigenvalue weighted by Crippen LogP contribution is -2.56. The highest BCUT2D eigenvalue weighted by molar-refractivity contribution is 9.10. The lowest BCUT2D eigenvalue weighted by molar-refractivity contribution is -0.147. The third-order valence-electron chi connectivity index (χ3n) is 2.59. The predicted octanol–water partition coefficient (Wildman–Crippen LogP) is 0.133.